The third kappa shape index (κ3) is 12.6. The zero-order chi connectivity index (χ0) is 24.6. The van der Waals surface area contributed by atoms with Crippen LogP contribution >= 0.6 is 0 Å². The molecule has 0 fully saturated rings. The quantitative estimate of drug-likeness (QED) is 0.291. The van der Waals surface area contributed by atoms with Crippen molar-refractivity contribution in [2.24, 2.45) is 11.8 Å². The second kappa shape index (κ2) is 16.4. The summed E-state index contributed by atoms with van der Waals surface area (Å²) in [4.78, 5) is 20.7. The Morgan fingerprint density at radius 1 is 0.636 bits per heavy atom. The van der Waals surface area contributed by atoms with Crippen molar-refractivity contribution in [1.29, 1.82) is 0 Å². The number of aryl methyl sites for hydroxylation is 6. The Morgan fingerprint density at radius 2 is 1.09 bits per heavy atom. The monoisotopic (exact) mass is 450 g/mol. The molecule has 0 aliphatic rings. The number of carbonyl (C=O) groups is 2. The molecule has 0 aromatic heterocycles. The number of carbonyl (C=O) groups excluding carboxylic acids is 2. The van der Waals surface area contributed by atoms with Crippen molar-refractivity contribution in [1.82, 2.24) is 0 Å². The number of benzene rings is 2. The van der Waals surface area contributed by atoms with Gasteiger partial charge < -0.3 is 9.59 Å². The van der Waals surface area contributed by atoms with Gasteiger partial charge in [0.15, 0.2) is 0 Å². The van der Waals surface area contributed by atoms with E-state index in [0.29, 0.717) is 12.8 Å². The van der Waals surface area contributed by atoms with Gasteiger partial charge in [-0.2, -0.15) is 0 Å². The highest BCUT2D eigenvalue weighted by Crippen LogP contribution is 2.17. The lowest BCUT2D eigenvalue weighted by molar-refractivity contribution is -0.108. The van der Waals surface area contributed by atoms with Crippen LogP contribution < -0.4 is 0 Å². The molecule has 2 heteroatoms. The van der Waals surface area contributed by atoms with Crippen molar-refractivity contribution in [3.05, 3.63) is 69.8 Å². The zero-order valence-corrected chi connectivity index (χ0v) is 22.0. The molecule has 2 aromatic carbocycles. The van der Waals surface area contributed by atoms with Gasteiger partial charge in [-0.15, -0.1) is 0 Å². The van der Waals surface area contributed by atoms with Gasteiger partial charge in [-0.3, -0.25) is 0 Å². The fourth-order valence-corrected chi connectivity index (χ4v) is 3.99. The average Bonchev–Trinajstić information content (AvgIpc) is 2.76. The minimum atomic E-state index is 0.631. The van der Waals surface area contributed by atoms with Crippen molar-refractivity contribution in [3.63, 3.8) is 0 Å². The van der Waals surface area contributed by atoms with Gasteiger partial charge in [0.1, 0.15) is 12.6 Å². The highest BCUT2D eigenvalue weighted by molar-refractivity contribution is 5.51. The molecule has 0 heterocycles. The molecule has 0 unspecified atom stereocenters. The summed E-state index contributed by atoms with van der Waals surface area (Å²) in [6.07, 6.45) is 11.1. The Morgan fingerprint density at radius 3 is 1.48 bits per heavy atom. The Bertz CT molecular complexity index is 833. The van der Waals surface area contributed by atoms with E-state index >= 15 is 0 Å². The maximum absolute atomic E-state index is 10.4. The molecule has 2 rings (SSSR count). The molecule has 2 nitrogen and oxygen atoms in total. The molecule has 182 valence electrons. The van der Waals surface area contributed by atoms with E-state index in [1.807, 2.05) is 0 Å². The topological polar surface area (TPSA) is 34.1 Å². The van der Waals surface area contributed by atoms with E-state index in [9.17, 15) is 9.59 Å². The van der Waals surface area contributed by atoms with Gasteiger partial charge in [-0.05, 0) is 97.6 Å². The molecule has 0 N–H and O–H groups in total. The smallest absolute Gasteiger partial charge is 0.120 e. The SMILES string of the molecule is Cc1cc(CCC(C)C)ccc1CCC=O.Cc1cc(CCCC(C)C)ccc1CCC=O. The molecule has 0 atom stereocenters. The van der Waals surface area contributed by atoms with Gasteiger partial charge in [0.05, 0.1) is 0 Å². The first-order valence-corrected chi connectivity index (χ1v) is 12.8. The average molecular weight is 451 g/mol. The van der Waals surface area contributed by atoms with Crippen molar-refractivity contribution in [2.75, 3.05) is 0 Å². The van der Waals surface area contributed by atoms with E-state index in [-0.39, 0.29) is 0 Å². The van der Waals surface area contributed by atoms with Gasteiger partial charge in [0, 0.05) is 12.8 Å². The maximum atomic E-state index is 10.4. The molecule has 0 saturated heterocycles. The second-order valence-electron chi connectivity index (χ2n) is 10.2. The molecule has 0 amide bonds. The summed E-state index contributed by atoms with van der Waals surface area (Å²) in [6.45, 7) is 13.3. The Balaban J connectivity index is 0.000000331. The van der Waals surface area contributed by atoms with Gasteiger partial charge in [0.25, 0.3) is 0 Å². The fraction of sp³-hybridized carbons (Fsp3) is 0.548. The second-order valence-corrected chi connectivity index (χ2v) is 10.2. The Labute approximate surface area is 203 Å². The first kappa shape index (κ1) is 28.8. The summed E-state index contributed by atoms with van der Waals surface area (Å²) in [5.74, 6) is 1.55. The molecule has 0 aliphatic carbocycles. The van der Waals surface area contributed by atoms with Crippen LogP contribution in [0.1, 0.15) is 93.2 Å². The van der Waals surface area contributed by atoms with Gasteiger partial charge >= 0.3 is 0 Å². The van der Waals surface area contributed by atoms with Crippen LogP contribution in [0, 0.1) is 25.7 Å². The minimum Gasteiger partial charge on any atom is -0.303 e. The predicted octanol–water partition coefficient (Wildman–Crippen LogP) is 7.82. The van der Waals surface area contributed by atoms with Crippen LogP contribution in [0.25, 0.3) is 0 Å². The highest BCUT2D eigenvalue weighted by atomic mass is 16.1. The Hall–Kier alpha value is -2.22. The lowest BCUT2D eigenvalue weighted by Crippen LogP contribution is -1.96. The standard InChI is InChI=1S/C16H24O.C15H22O/c1-13(2)6-4-7-15-9-10-16(8-5-11-17)14(3)12-15;1-12(2)6-7-14-8-9-15(5-4-10-16)13(3)11-14/h9-13H,4-8H2,1-3H3;8-12H,4-7H2,1-3H3. The van der Waals surface area contributed by atoms with E-state index in [0.717, 1.165) is 43.7 Å². The first-order valence-electron chi connectivity index (χ1n) is 12.8. The van der Waals surface area contributed by atoms with Gasteiger partial charge in [-0.1, -0.05) is 70.5 Å². The van der Waals surface area contributed by atoms with E-state index in [1.54, 1.807) is 0 Å². The van der Waals surface area contributed by atoms with Gasteiger partial charge in [-0.25, -0.2) is 0 Å². The van der Waals surface area contributed by atoms with Crippen LogP contribution in [0.5, 0.6) is 0 Å². The van der Waals surface area contributed by atoms with Gasteiger partial charge in [0.2, 0.25) is 0 Å². The largest absolute Gasteiger partial charge is 0.303 e. The summed E-state index contributed by atoms with van der Waals surface area (Å²) in [6, 6.07) is 13.3. The molecule has 0 saturated carbocycles. The summed E-state index contributed by atoms with van der Waals surface area (Å²) in [5.41, 5.74) is 8.11. The van der Waals surface area contributed by atoms with Crippen LogP contribution in [-0.4, -0.2) is 12.6 Å². The summed E-state index contributed by atoms with van der Waals surface area (Å²) in [7, 11) is 0. The summed E-state index contributed by atoms with van der Waals surface area (Å²) < 4.78 is 0. The lowest BCUT2D eigenvalue weighted by atomic mass is 9.97. The maximum Gasteiger partial charge on any atom is 0.120 e. The summed E-state index contributed by atoms with van der Waals surface area (Å²) >= 11 is 0. The molecular weight excluding hydrogens is 404 g/mol. The van der Waals surface area contributed by atoms with Crippen molar-refractivity contribution in [2.45, 2.75) is 99.3 Å². The lowest BCUT2D eigenvalue weighted by Gasteiger charge is -2.09. The molecule has 33 heavy (non-hydrogen) atoms. The highest BCUT2D eigenvalue weighted by Gasteiger charge is 2.03. The number of aldehydes is 2. The van der Waals surface area contributed by atoms with Crippen LogP contribution in [0.4, 0.5) is 0 Å². The first-order chi connectivity index (χ1) is 15.8. The molecule has 2 aromatic rings. The van der Waals surface area contributed by atoms with E-state index in [2.05, 4.69) is 77.9 Å². The third-order valence-electron chi connectivity index (χ3n) is 6.13. The Kier molecular flexibility index (Phi) is 14.3. The van der Waals surface area contributed by atoms with E-state index < -0.39 is 0 Å². The predicted molar refractivity (Wildman–Crippen MR) is 142 cm³/mol. The minimum absolute atomic E-state index is 0.631. The number of hydrogen-bond acceptors (Lipinski definition) is 2. The van der Waals surface area contributed by atoms with Crippen LogP contribution in [0.15, 0.2) is 36.4 Å². The zero-order valence-electron chi connectivity index (χ0n) is 22.0. The van der Waals surface area contributed by atoms with Crippen molar-refractivity contribution < 1.29 is 9.59 Å². The van der Waals surface area contributed by atoms with Crippen LogP contribution in [-0.2, 0) is 35.3 Å². The molecule has 0 bridgehead atoms. The molecular formula is C31H46O2. The molecule has 0 spiro atoms. The third-order valence-corrected chi connectivity index (χ3v) is 6.13. The van der Waals surface area contributed by atoms with E-state index in [1.165, 1.54) is 59.1 Å². The van der Waals surface area contributed by atoms with Crippen LogP contribution in [0.3, 0.4) is 0 Å². The van der Waals surface area contributed by atoms with E-state index in [4.69, 9.17) is 0 Å². The van der Waals surface area contributed by atoms with Crippen molar-refractivity contribution >= 4 is 12.6 Å². The normalized spacial score (nSPS) is 10.8. The fourth-order valence-electron chi connectivity index (χ4n) is 3.99. The molecule has 0 aliphatic heterocycles. The van der Waals surface area contributed by atoms with Crippen molar-refractivity contribution in [3.8, 4) is 0 Å². The summed E-state index contributed by atoms with van der Waals surface area (Å²) in [5, 5.41) is 0. The molecule has 0 radical (unpaired) electrons. The van der Waals surface area contributed by atoms with Crippen LogP contribution in [0.2, 0.25) is 0 Å². The number of rotatable bonds is 13. The number of hydrogen-bond donors (Lipinski definition) is 0.